The number of carbonyl (C=O) groups excluding carboxylic acids is 1. The number of ether oxygens (including phenoxy) is 2. The molecule has 2 fully saturated rings. The van der Waals surface area contributed by atoms with E-state index in [4.69, 9.17) is 9.47 Å². The minimum Gasteiger partial charge on any atom is -0.485 e. The molecule has 36 heavy (non-hydrogen) atoms. The zero-order valence-corrected chi connectivity index (χ0v) is 21.3. The number of hydrogen-bond donors (Lipinski definition) is 1. The number of fused-ring (bicyclic) bond motifs is 1. The first-order chi connectivity index (χ1) is 16.9. The number of hydrogen-bond acceptors (Lipinski definition) is 7. The lowest BCUT2D eigenvalue weighted by Crippen LogP contribution is -2.51. The Kier molecular flexibility index (Phi) is 5.93. The van der Waals surface area contributed by atoms with E-state index in [-0.39, 0.29) is 35.6 Å². The molecule has 0 radical (unpaired) electrons. The lowest BCUT2D eigenvalue weighted by Gasteiger charge is -2.34. The van der Waals surface area contributed by atoms with Gasteiger partial charge in [0.1, 0.15) is 39.2 Å². The number of nitrogens with zero attached hydrogens (tertiary/aromatic N) is 3. The zero-order chi connectivity index (χ0) is 25.7. The molecule has 11 heteroatoms. The van der Waals surface area contributed by atoms with Gasteiger partial charge < -0.3 is 14.8 Å². The van der Waals surface area contributed by atoms with Gasteiger partial charge in [0, 0.05) is 17.9 Å². The van der Waals surface area contributed by atoms with E-state index >= 15 is 0 Å². The Hall–Kier alpha value is -3.21. The molecule has 1 amide bonds. The average molecular weight is 517 g/mol. The third-order valence-corrected chi connectivity index (χ3v) is 8.51. The SMILES string of the molecule is Cc1cnc(Oc2ccc3nc(C(=O)NC4(C)CCS(=O)(=O)CC4)cn3c2C)c(OCC2(F)CC2)c1. The first-order valence-corrected chi connectivity index (χ1v) is 13.7. The summed E-state index contributed by atoms with van der Waals surface area (Å²) in [4.78, 5) is 21.7. The average Bonchev–Trinajstić information content (AvgIpc) is 3.39. The minimum atomic E-state index is -3.04. The fourth-order valence-electron chi connectivity index (χ4n) is 4.14. The van der Waals surface area contributed by atoms with Crippen molar-refractivity contribution in [1.82, 2.24) is 19.7 Å². The summed E-state index contributed by atoms with van der Waals surface area (Å²) in [5.41, 5.74) is 0.456. The molecule has 1 aliphatic carbocycles. The Bertz CT molecular complexity index is 1430. The number of halogens is 1. The molecule has 4 heterocycles. The summed E-state index contributed by atoms with van der Waals surface area (Å²) in [6.45, 7) is 5.51. The molecule has 1 N–H and O–H groups in total. The largest absolute Gasteiger partial charge is 0.485 e. The van der Waals surface area contributed by atoms with Crippen LogP contribution in [0.25, 0.3) is 5.65 Å². The van der Waals surface area contributed by atoms with Crippen LogP contribution in [0.1, 0.15) is 54.4 Å². The molecule has 0 atom stereocenters. The quantitative estimate of drug-likeness (QED) is 0.509. The van der Waals surface area contributed by atoms with Crippen molar-refractivity contribution in [2.75, 3.05) is 18.1 Å². The smallest absolute Gasteiger partial charge is 0.271 e. The highest BCUT2D eigenvalue weighted by atomic mass is 32.2. The van der Waals surface area contributed by atoms with Crippen LogP contribution in [0.3, 0.4) is 0 Å². The van der Waals surface area contributed by atoms with Gasteiger partial charge in [-0.05, 0) is 70.2 Å². The standard InChI is InChI=1S/C25H29FN4O5S/c1-16-12-20(34-15-25(26)6-7-25)23(27-13-16)35-19-4-5-21-28-18(14-30(21)17(19)2)22(31)29-24(3)8-10-36(32,33)11-9-24/h4-5,12-14H,6-11,15H2,1-3H3,(H,29,31). The van der Waals surface area contributed by atoms with Crippen molar-refractivity contribution < 1.29 is 27.1 Å². The third kappa shape index (κ3) is 5.16. The van der Waals surface area contributed by atoms with E-state index in [1.807, 2.05) is 20.8 Å². The van der Waals surface area contributed by atoms with Crippen LogP contribution in [0.5, 0.6) is 17.4 Å². The fraction of sp³-hybridized carbons (Fsp3) is 0.480. The second kappa shape index (κ2) is 8.72. The van der Waals surface area contributed by atoms with Crippen LogP contribution in [0.4, 0.5) is 4.39 Å². The van der Waals surface area contributed by atoms with Crippen molar-refractivity contribution >= 4 is 21.4 Å². The topological polar surface area (TPSA) is 112 Å². The van der Waals surface area contributed by atoms with Gasteiger partial charge >= 0.3 is 0 Å². The molecule has 3 aromatic heterocycles. The highest BCUT2D eigenvalue weighted by Crippen LogP contribution is 2.41. The molecule has 9 nitrogen and oxygen atoms in total. The van der Waals surface area contributed by atoms with E-state index in [1.54, 1.807) is 35.0 Å². The molecule has 2 aliphatic rings. The summed E-state index contributed by atoms with van der Waals surface area (Å²) in [6.07, 6.45) is 4.98. The van der Waals surface area contributed by atoms with Gasteiger partial charge in [-0.1, -0.05) is 0 Å². The monoisotopic (exact) mass is 516 g/mol. The van der Waals surface area contributed by atoms with Crippen molar-refractivity contribution in [3.8, 4) is 17.4 Å². The number of alkyl halides is 1. The van der Waals surface area contributed by atoms with Gasteiger partial charge in [-0.3, -0.25) is 9.20 Å². The number of imidazole rings is 1. The summed E-state index contributed by atoms with van der Waals surface area (Å²) >= 11 is 0. The molecular weight excluding hydrogens is 487 g/mol. The van der Waals surface area contributed by atoms with E-state index < -0.39 is 21.0 Å². The minimum absolute atomic E-state index is 0.0443. The zero-order valence-electron chi connectivity index (χ0n) is 20.5. The first kappa shape index (κ1) is 24.5. The predicted molar refractivity (Wildman–Crippen MR) is 131 cm³/mol. The molecule has 1 saturated carbocycles. The van der Waals surface area contributed by atoms with Crippen molar-refractivity contribution in [2.45, 2.75) is 57.7 Å². The van der Waals surface area contributed by atoms with Crippen molar-refractivity contribution in [1.29, 1.82) is 0 Å². The van der Waals surface area contributed by atoms with Gasteiger partial charge in [0.25, 0.3) is 11.8 Å². The molecule has 5 rings (SSSR count). The molecule has 3 aromatic rings. The van der Waals surface area contributed by atoms with E-state index in [0.29, 0.717) is 48.5 Å². The van der Waals surface area contributed by atoms with Crippen LogP contribution in [0.15, 0.2) is 30.6 Å². The normalized spacial score (nSPS) is 19.6. The Balaban J connectivity index is 1.35. The van der Waals surface area contributed by atoms with E-state index in [9.17, 15) is 17.6 Å². The summed E-state index contributed by atoms with van der Waals surface area (Å²) in [5.74, 6) is 0.828. The second-order valence-electron chi connectivity index (χ2n) is 10.2. The maximum absolute atomic E-state index is 14.1. The summed E-state index contributed by atoms with van der Waals surface area (Å²) < 4.78 is 51.1. The fourth-order valence-corrected chi connectivity index (χ4v) is 5.87. The van der Waals surface area contributed by atoms with Gasteiger partial charge in [-0.2, -0.15) is 0 Å². The Morgan fingerprint density at radius 1 is 1.17 bits per heavy atom. The first-order valence-electron chi connectivity index (χ1n) is 11.9. The summed E-state index contributed by atoms with van der Waals surface area (Å²) in [5, 5.41) is 2.96. The van der Waals surface area contributed by atoms with Gasteiger partial charge in [-0.25, -0.2) is 22.8 Å². The summed E-state index contributed by atoms with van der Waals surface area (Å²) in [7, 11) is -3.04. The number of aryl methyl sites for hydroxylation is 2. The van der Waals surface area contributed by atoms with Crippen LogP contribution < -0.4 is 14.8 Å². The maximum Gasteiger partial charge on any atom is 0.271 e. The number of sulfone groups is 1. The number of rotatable bonds is 7. The van der Waals surface area contributed by atoms with E-state index in [2.05, 4.69) is 15.3 Å². The lowest BCUT2D eigenvalue weighted by atomic mass is 9.95. The summed E-state index contributed by atoms with van der Waals surface area (Å²) in [6, 6.07) is 5.22. The third-order valence-electron chi connectivity index (χ3n) is 6.85. The second-order valence-corrected chi connectivity index (χ2v) is 12.5. The van der Waals surface area contributed by atoms with Gasteiger partial charge in [0.05, 0.1) is 17.2 Å². The van der Waals surface area contributed by atoms with Crippen LogP contribution in [0.2, 0.25) is 0 Å². The molecule has 0 bridgehead atoms. The van der Waals surface area contributed by atoms with Crippen molar-refractivity contribution in [2.24, 2.45) is 0 Å². The van der Waals surface area contributed by atoms with E-state index in [0.717, 1.165) is 5.56 Å². The number of carbonyl (C=O) groups is 1. The molecule has 0 spiro atoms. The van der Waals surface area contributed by atoms with E-state index in [1.165, 1.54) is 0 Å². The Morgan fingerprint density at radius 3 is 2.58 bits per heavy atom. The Labute approximate surface area is 209 Å². The molecule has 0 unspecified atom stereocenters. The number of amides is 1. The van der Waals surface area contributed by atoms with Crippen LogP contribution in [-0.2, 0) is 9.84 Å². The van der Waals surface area contributed by atoms with Crippen LogP contribution in [-0.4, -0.2) is 58.0 Å². The van der Waals surface area contributed by atoms with Gasteiger partial charge in [-0.15, -0.1) is 0 Å². The van der Waals surface area contributed by atoms with Crippen LogP contribution >= 0.6 is 0 Å². The van der Waals surface area contributed by atoms with Crippen LogP contribution in [0, 0.1) is 13.8 Å². The molecular formula is C25H29FN4O5S. The number of pyridine rings is 2. The highest BCUT2D eigenvalue weighted by molar-refractivity contribution is 7.91. The van der Waals surface area contributed by atoms with Gasteiger partial charge in [0.2, 0.25) is 0 Å². The number of nitrogens with one attached hydrogen (secondary N) is 1. The highest BCUT2D eigenvalue weighted by Gasteiger charge is 2.44. The molecule has 192 valence electrons. The molecule has 1 saturated heterocycles. The lowest BCUT2D eigenvalue weighted by molar-refractivity contribution is 0.0895. The molecule has 0 aromatic carbocycles. The maximum atomic E-state index is 14.1. The number of aromatic nitrogens is 3. The Morgan fingerprint density at radius 2 is 1.89 bits per heavy atom. The molecule has 1 aliphatic heterocycles. The predicted octanol–water partition coefficient (Wildman–Crippen LogP) is 3.72. The van der Waals surface area contributed by atoms with Gasteiger partial charge in [0.15, 0.2) is 5.75 Å². The van der Waals surface area contributed by atoms with Crippen molar-refractivity contribution in [3.05, 3.63) is 47.5 Å². The van der Waals surface area contributed by atoms with Crippen molar-refractivity contribution in [3.63, 3.8) is 0 Å².